The van der Waals surface area contributed by atoms with Crippen LogP contribution >= 0.6 is 0 Å². The Morgan fingerprint density at radius 3 is 2.36 bits per heavy atom. The largest absolute Gasteiger partial charge is 0.345 e. The molecule has 2 aromatic carbocycles. The molecule has 0 atom stereocenters. The average Bonchev–Trinajstić information content (AvgIpc) is 2.63. The van der Waals surface area contributed by atoms with Gasteiger partial charge in [0.2, 0.25) is 0 Å². The van der Waals surface area contributed by atoms with E-state index in [0.717, 1.165) is 16.7 Å². The molecule has 0 aliphatic rings. The van der Waals surface area contributed by atoms with Crippen molar-refractivity contribution in [2.24, 2.45) is 0 Å². The van der Waals surface area contributed by atoms with Crippen LogP contribution in [0.4, 0.5) is 0 Å². The fraction of sp³-hybridized carbons (Fsp3) is 0.143. The van der Waals surface area contributed by atoms with Gasteiger partial charge in [0.25, 0.3) is 11.5 Å². The number of hydrogen-bond donors (Lipinski definition) is 0. The van der Waals surface area contributed by atoms with Gasteiger partial charge in [0.1, 0.15) is 0 Å². The van der Waals surface area contributed by atoms with E-state index in [1.54, 1.807) is 41.9 Å². The van der Waals surface area contributed by atoms with Gasteiger partial charge in [-0.1, -0.05) is 42.5 Å². The lowest BCUT2D eigenvalue weighted by molar-refractivity contribution is 0.0827. The summed E-state index contributed by atoms with van der Waals surface area (Å²) in [6.45, 7) is 0.541. The van der Waals surface area contributed by atoms with Crippen LogP contribution in [0.2, 0.25) is 0 Å². The van der Waals surface area contributed by atoms with Gasteiger partial charge >= 0.3 is 0 Å². The zero-order valence-corrected chi connectivity index (χ0v) is 14.3. The molecule has 0 spiro atoms. The van der Waals surface area contributed by atoms with E-state index in [1.807, 2.05) is 54.6 Å². The van der Waals surface area contributed by atoms with Crippen LogP contribution in [0.1, 0.15) is 15.9 Å². The SMILES string of the molecule is CN(C)C(=O)c1cccc(-c2ccc(Cn3ccccc3=O)cc2)c1. The van der Waals surface area contributed by atoms with Crippen molar-refractivity contribution in [1.29, 1.82) is 0 Å². The highest BCUT2D eigenvalue weighted by Crippen LogP contribution is 2.21. The lowest BCUT2D eigenvalue weighted by Crippen LogP contribution is -2.21. The van der Waals surface area contributed by atoms with Crippen LogP contribution in [0.5, 0.6) is 0 Å². The molecule has 3 rings (SSSR count). The third-order valence-corrected chi connectivity index (χ3v) is 4.05. The Morgan fingerprint density at radius 1 is 0.920 bits per heavy atom. The van der Waals surface area contributed by atoms with Crippen molar-refractivity contribution in [3.05, 3.63) is 94.4 Å². The minimum absolute atomic E-state index is 0.0121. The second-order valence-corrected chi connectivity index (χ2v) is 6.14. The van der Waals surface area contributed by atoms with Crippen LogP contribution in [0, 0.1) is 0 Å². The minimum atomic E-state index is -0.0125. The van der Waals surface area contributed by atoms with Gasteiger partial charge in [-0.15, -0.1) is 0 Å². The molecule has 1 aromatic heterocycles. The molecule has 0 aliphatic carbocycles. The molecule has 0 fully saturated rings. The van der Waals surface area contributed by atoms with E-state index in [9.17, 15) is 9.59 Å². The standard InChI is InChI=1S/C21H20N2O2/c1-22(2)21(25)19-7-5-6-18(14-19)17-11-9-16(10-12-17)15-23-13-4-3-8-20(23)24/h3-14H,15H2,1-2H3. The molecular weight excluding hydrogens is 312 g/mol. The summed E-state index contributed by atoms with van der Waals surface area (Å²) in [5, 5.41) is 0. The number of amides is 1. The van der Waals surface area contributed by atoms with E-state index in [0.29, 0.717) is 12.1 Å². The lowest BCUT2D eigenvalue weighted by atomic mass is 10.0. The summed E-state index contributed by atoms with van der Waals surface area (Å²) in [5.41, 5.74) is 3.75. The Kier molecular flexibility index (Phi) is 4.80. The Labute approximate surface area is 147 Å². The Balaban J connectivity index is 1.83. The fourth-order valence-electron chi connectivity index (χ4n) is 2.68. The van der Waals surface area contributed by atoms with Gasteiger partial charge < -0.3 is 9.47 Å². The second-order valence-electron chi connectivity index (χ2n) is 6.14. The van der Waals surface area contributed by atoms with Gasteiger partial charge in [-0.3, -0.25) is 9.59 Å². The average molecular weight is 332 g/mol. The van der Waals surface area contributed by atoms with Crippen molar-refractivity contribution < 1.29 is 4.79 Å². The normalized spacial score (nSPS) is 10.5. The number of carbonyl (C=O) groups is 1. The highest BCUT2D eigenvalue weighted by atomic mass is 16.2. The molecule has 0 unspecified atom stereocenters. The van der Waals surface area contributed by atoms with Crippen LogP contribution in [-0.4, -0.2) is 29.5 Å². The first-order valence-corrected chi connectivity index (χ1v) is 8.11. The van der Waals surface area contributed by atoms with Crippen LogP contribution < -0.4 is 5.56 Å². The van der Waals surface area contributed by atoms with Crippen molar-refractivity contribution in [1.82, 2.24) is 9.47 Å². The number of rotatable bonds is 4. The monoisotopic (exact) mass is 332 g/mol. The molecule has 0 saturated carbocycles. The van der Waals surface area contributed by atoms with Crippen LogP contribution in [0.3, 0.4) is 0 Å². The van der Waals surface area contributed by atoms with E-state index in [2.05, 4.69) is 0 Å². The van der Waals surface area contributed by atoms with Crippen LogP contribution in [0.25, 0.3) is 11.1 Å². The van der Waals surface area contributed by atoms with E-state index in [4.69, 9.17) is 0 Å². The Morgan fingerprint density at radius 2 is 1.68 bits per heavy atom. The summed E-state index contributed by atoms with van der Waals surface area (Å²) < 4.78 is 1.67. The van der Waals surface area contributed by atoms with Gasteiger partial charge in [-0.05, 0) is 34.9 Å². The van der Waals surface area contributed by atoms with E-state index in [1.165, 1.54) is 0 Å². The molecule has 0 N–H and O–H groups in total. The lowest BCUT2D eigenvalue weighted by Gasteiger charge is -2.11. The number of benzene rings is 2. The zero-order valence-electron chi connectivity index (χ0n) is 14.3. The summed E-state index contributed by atoms with van der Waals surface area (Å²) in [6, 6.07) is 20.8. The fourth-order valence-corrected chi connectivity index (χ4v) is 2.68. The molecule has 0 radical (unpaired) electrons. The highest BCUT2D eigenvalue weighted by Gasteiger charge is 2.09. The van der Waals surface area contributed by atoms with Crippen LogP contribution in [0.15, 0.2) is 77.7 Å². The highest BCUT2D eigenvalue weighted by molar-refractivity contribution is 5.95. The topological polar surface area (TPSA) is 42.3 Å². The summed E-state index contributed by atoms with van der Waals surface area (Å²) in [5.74, 6) is -0.0121. The van der Waals surface area contributed by atoms with Gasteiger partial charge in [0.15, 0.2) is 0 Å². The molecule has 4 nitrogen and oxygen atoms in total. The molecule has 1 heterocycles. The van der Waals surface area contributed by atoms with Crippen molar-refractivity contribution in [2.45, 2.75) is 6.54 Å². The second kappa shape index (κ2) is 7.18. The molecule has 25 heavy (non-hydrogen) atoms. The molecule has 3 aromatic rings. The molecule has 0 saturated heterocycles. The molecule has 0 bridgehead atoms. The zero-order chi connectivity index (χ0) is 17.8. The van der Waals surface area contributed by atoms with Crippen molar-refractivity contribution in [3.8, 4) is 11.1 Å². The number of pyridine rings is 1. The Hall–Kier alpha value is -3.14. The van der Waals surface area contributed by atoms with Crippen LogP contribution in [-0.2, 0) is 6.54 Å². The van der Waals surface area contributed by atoms with Crippen molar-refractivity contribution in [3.63, 3.8) is 0 Å². The first kappa shape index (κ1) is 16.7. The summed E-state index contributed by atoms with van der Waals surface area (Å²) in [4.78, 5) is 25.5. The molecule has 4 heteroatoms. The maximum atomic E-state index is 12.1. The molecule has 126 valence electrons. The quantitative estimate of drug-likeness (QED) is 0.736. The summed E-state index contributed by atoms with van der Waals surface area (Å²) >= 11 is 0. The van der Waals surface area contributed by atoms with E-state index in [-0.39, 0.29) is 11.5 Å². The smallest absolute Gasteiger partial charge is 0.253 e. The Bertz CT molecular complexity index is 940. The van der Waals surface area contributed by atoms with Gasteiger partial charge in [0, 0.05) is 31.9 Å². The number of hydrogen-bond acceptors (Lipinski definition) is 2. The third-order valence-electron chi connectivity index (χ3n) is 4.05. The van der Waals surface area contributed by atoms with Crippen molar-refractivity contribution in [2.75, 3.05) is 14.1 Å². The maximum absolute atomic E-state index is 12.1. The minimum Gasteiger partial charge on any atom is -0.345 e. The number of aromatic nitrogens is 1. The first-order chi connectivity index (χ1) is 12.0. The van der Waals surface area contributed by atoms with Crippen molar-refractivity contribution >= 4 is 5.91 Å². The predicted molar refractivity (Wildman–Crippen MR) is 99.7 cm³/mol. The summed E-state index contributed by atoms with van der Waals surface area (Å²) in [7, 11) is 3.49. The molecular formula is C21H20N2O2. The first-order valence-electron chi connectivity index (χ1n) is 8.11. The maximum Gasteiger partial charge on any atom is 0.253 e. The van der Waals surface area contributed by atoms with Gasteiger partial charge in [0.05, 0.1) is 6.54 Å². The van der Waals surface area contributed by atoms with E-state index < -0.39 is 0 Å². The summed E-state index contributed by atoms with van der Waals surface area (Å²) in [6.07, 6.45) is 1.78. The van der Waals surface area contributed by atoms with E-state index >= 15 is 0 Å². The molecule has 0 aliphatic heterocycles. The van der Waals surface area contributed by atoms with Gasteiger partial charge in [-0.25, -0.2) is 0 Å². The number of nitrogens with zero attached hydrogens (tertiary/aromatic N) is 2. The number of carbonyl (C=O) groups excluding carboxylic acids is 1. The van der Waals surface area contributed by atoms with Gasteiger partial charge in [-0.2, -0.15) is 0 Å². The molecule has 1 amide bonds. The predicted octanol–water partition coefficient (Wildman–Crippen LogP) is 3.27. The third kappa shape index (κ3) is 3.86.